The van der Waals surface area contributed by atoms with Crippen LogP contribution in [0.1, 0.15) is 57.6 Å². The Balaban J connectivity index is 1.84. The number of rotatable bonds is 5. The maximum absolute atomic E-state index is 13.2. The average molecular weight is 292 g/mol. The van der Waals surface area contributed by atoms with Crippen molar-refractivity contribution < 1.29 is 9.18 Å². The van der Waals surface area contributed by atoms with E-state index in [0.717, 1.165) is 18.4 Å². The van der Waals surface area contributed by atoms with Crippen molar-refractivity contribution in [1.29, 1.82) is 0 Å². The normalized spacial score (nSPS) is 19.0. The van der Waals surface area contributed by atoms with Crippen molar-refractivity contribution >= 4 is 5.91 Å². The van der Waals surface area contributed by atoms with Gasteiger partial charge in [-0.15, -0.1) is 0 Å². The number of amides is 1. The number of carbonyl (C=O) groups is 1. The Kier molecular flexibility index (Phi) is 5.74. The molecule has 1 fully saturated rings. The minimum absolute atomic E-state index is 0.0325. The lowest BCUT2D eigenvalue weighted by Crippen LogP contribution is -2.47. The maximum Gasteiger partial charge on any atom is 0.237 e. The summed E-state index contributed by atoms with van der Waals surface area (Å²) in [6.45, 7) is 3.80. The lowest BCUT2D eigenvalue weighted by molar-refractivity contribution is -0.123. The highest BCUT2D eigenvalue weighted by molar-refractivity contribution is 5.81. The second-order valence-corrected chi connectivity index (χ2v) is 6.01. The predicted molar refractivity (Wildman–Crippen MR) is 82.4 cm³/mol. The Morgan fingerprint density at radius 2 is 1.95 bits per heavy atom. The molecule has 1 aliphatic carbocycles. The maximum atomic E-state index is 13.2. The van der Waals surface area contributed by atoms with Crippen LogP contribution in [-0.4, -0.2) is 18.0 Å². The van der Waals surface area contributed by atoms with Gasteiger partial charge in [0.25, 0.3) is 0 Å². The number of carbonyl (C=O) groups excluding carboxylic acids is 1. The van der Waals surface area contributed by atoms with Gasteiger partial charge in [-0.1, -0.05) is 31.4 Å². The molecule has 0 aromatic heterocycles. The highest BCUT2D eigenvalue weighted by atomic mass is 19.1. The van der Waals surface area contributed by atoms with Gasteiger partial charge in [0, 0.05) is 12.1 Å². The zero-order valence-electron chi connectivity index (χ0n) is 12.9. The number of benzene rings is 1. The molecule has 1 aromatic rings. The molecule has 2 rings (SSSR count). The molecule has 0 bridgehead atoms. The third kappa shape index (κ3) is 4.81. The fraction of sp³-hybridized carbons (Fsp3) is 0.588. The van der Waals surface area contributed by atoms with Crippen LogP contribution >= 0.6 is 0 Å². The summed E-state index contributed by atoms with van der Waals surface area (Å²) in [4.78, 5) is 12.2. The van der Waals surface area contributed by atoms with Gasteiger partial charge in [0.2, 0.25) is 5.91 Å². The van der Waals surface area contributed by atoms with Crippen molar-refractivity contribution in [1.82, 2.24) is 10.6 Å². The molecule has 1 aliphatic rings. The van der Waals surface area contributed by atoms with E-state index in [0.29, 0.717) is 6.04 Å². The molecular weight excluding hydrogens is 267 g/mol. The zero-order valence-corrected chi connectivity index (χ0v) is 12.9. The van der Waals surface area contributed by atoms with Crippen molar-refractivity contribution in [2.24, 2.45) is 0 Å². The first-order valence-electron chi connectivity index (χ1n) is 7.88. The molecule has 0 heterocycles. The summed E-state index contributed by atoms with van der Waals surface area (Å²) in [5.41, 5.74) is 0.854. The minimum atomic E-state index is -0.287. The Bertz CT molecular complexity index is 472. The van der Waals surface area contributed by atoms with E-state index in [2.05, 4.69) is 10.6 Å². The van der Waals surface area contributed by atoms with Crippen LogP contribution < -0.4 is 10.6 Å². The average Bonchev–Trinajstić information content (AvgIpc) is 2.48. The van der Waals surface area contributed by atoms with E-state index < -0.39 is 0 Å². The summed E-state index contributed by atoms with van der Waals surface area (Å²) >= 11 is 0. The zero-order chi connectivity index (χ0) is 15.2. The Hall–Kier alpha value is -1.42. The van der Waals surface area contributed by atoms with Crippen LogP contribution in [0.25, 0.3) is 0 Å². The van der Waals surface area contributed by atoms with Gasteiger partial charge in [-0.05, 0) is 44.4 Å². The molecule has 2 atom stereocenters. The standard InChI is InChI=1S/C17H25FN2O/c1-12(14-7-6-8-15(18)11-14)19-13(2)17(21)20-16-9-4-3-5-10-16/h6-8,11-13,16,19H,3-5,9-10H2,1-2H3,(H,20,21)/t12-,13?/m0/s1. The van der Waals surface area contributed by atoms with Gasteiger partial charge in [0.05, 0.1) is 6.04 Å². The molecule has 3 nitrogen and oxygen atoms in total. The Morgan fingerprint density at radius 3 is 2.62 bits per heavy atom. The molecule has 21 heavy (non-hydrogen) atoms. The van der Waals surface area contributed by atoms with Crippen LogP contribution in [0.2, 0.25) is 0 Å². The highest BCUT2D eigenvalue weighted by Crippen LogP contribution is 2.18. The van der Waals surface area contributed by atoms with E-state index in [1.807, 2.05) is 19.9 Å². The van der Waals surface area contributed by atoms with Gasteiger partial charge >= 0.3 is 0 Å². The Labute approximate surface area is 126 Å². The smallest absolute Gasteiger partial charge is 0.237 e. The third-order valence-electron chi connectivity index (χ3n) is 4.19. The predicted octanol–water partition coefficient (Wildman–Crippen LogP) is 3.31. The van der Waals surface area contributed by atoms with E-state index >= 15 is 0 Å². The summed E-state index contributed by atoms with van der Waals surface area (Å²) < 4.78 is 13.2. The second-order valence-electron chi connectivity index (χ2n) is 6.01. The van der Waals surface area contributed by atoms with Gasteiger partial charge in [-0.25, -0.2) is 4.39 Å². The first-order chi connectivity index (χ1) is 10.1. The van der Waals surface area contributed by atoms with E-state index in [1.54, 1.807) is 6.07 Å². The van der Waals surface area contributed by atoms with Crippen LogP contribution in [0.5, 0.6) is 0 Å². The van der Waals surface area contributed by atoms with E-state index in [4.69, 9.17) is 0 Å². The number of nitrogens with one attached hydrogen (secondary N) is 2. The van der Waals surface area contributed by atoms with Crippen LogP contribution in [0.3, 0.4) is 0 Å². The second kappa shape index (κ2) is 7.55. The molecule has 1 amide bonds. The molecule has 0 spiro atoms. The minimum Gasteiger partial charge on any atom is -0.352 e. The van der Waals surface area contributed by atoms with Crippen molar-refractivity contribution in [2.45, 2.75) is 64.1 Å². The quantitative estimate of drug-likeness (QED) is 0.874. The SMILES string of the molecule is CC(N[C@@H](C)c1cccc(F)c1)C(=O)NC1CCCCC1. The van der Waals surface area contributed by atoms with E-state index in [-0.39, 0.29) is 23.8 Å². The fourth-order valence-electron chi connectivity index (χ4n) is 2.90. The number of hydrogen-bond acceptors (Lipinski definition) is 2. The largest absolute Gasteiger partial charge is 0.352 e. The number of halogens is 1. The molecule has 2 N–H and O–H groups in total. The molecule has 0 radical (unpaired) electrons. The highest BCUT2D eigenvalue weighted by Gasteiger charge is 2.21. The summed E-state index contributed by atoms with van der Waals surface area (Å²) in [5, 5.41) is 6.35. The molecular formula is C17H25FN2O. The van der Waals surface area contributed by atoms with Gasteiger partial charge in [-0.3, -0.25) is 10.1 Å². The van der Waals surface area contributed by atoms with Crippen molar-refractivity contribution in [3.63, 3.8) is 0 Å². The van der Waals surface area contributed by atoms with Crippen LogP contribution in [-0.2, 0) is 4.79 Å². The van der Waals surface area contributed by atoms with Gasteiger partial charge < -0.3 is 5.32 Å². The van der Waals surface area contributed by atoms with Crippen LogP contribution in [0.15, 0.2) is 24.3 Å². The number of hydrogen-bond donors (Lipinski definition) is 2. The van der Waals surface area contributed by atoms with Crippen molar-refractivity contribution in [2.75, 3.05) is 0 Å². The monoisotopic (exact) mass is 292 g/mol. The van der Waals surface area contributed by atoms with E-state index in [9.17, 15) is 9.18 Å². The molecule has 116 valence electrons. The third-order valence-corrected chi connectivity index (χ3v) is 4.19. The van der Waals surface area contributed by atoms with Crippen molar-refractivity contribution in [3.05, 3.63) is 35.6 Å². The lowest BCUT2D eigenvalue weighted by Gasteiger charge is -2.26. The molecule has 0 saturated heterocycles. The summed E-state index contributed by atoms with van der Waals surface area (Å²) in [5.74, 6) is -0.217. The lowest BCUT2D eigenvalue weighted by atomic mass is 9.95. The van der Waals surface area contributed by atoms with Gasteiger partial charge in [0.1, 0.15) is 5.82 Å². The summed E-state index contributed by atoms with van der Waals surface area (Å²) in [6.07, 6.45) is 5.84. The van der Waals surface area contributed by atoms with Gasteiger partial charge in [0.15, 0.2) is 0 Å². The van der Waals surface area contributed by atoms with Crippen molar-refractivity contribution in [3.8, 4) is 0 Å². The van der Waals surface area contributed by atoms with Crippen LogP contribution in [0.4, 0.5) is 4.39 Å². The fourth-order valence-corrected chi connectivity index (χ4v) is 2.90. The van der Waals surface area contributed by atoms with Gasteiger partial charge in [-0.2, -0.15) is 0 Å². The molecule has 0 aliphatic heterocycles. The first kappa shape index (κ1) is 16.0. The molecule has 1 unspecified atom stereocenters. The summed E-state index contributed by atoms with van der Waals surface area (Å²) in [6, 6.07) is 6.46. The Morgan fingerprint density at radius 1 is 1.24 bits per heavy atom. The summed E-state index contributed by atoms with van der Waals surface area (Å²) in [7, 11) is 0. The molecule has 1 saturated carbocycles. The van der Waals surface area contributed by atoms with Crippen LogP contribution in [0, 0.1) is 5.82 Å². The first-order valence-corrected chi connectivity index (χ1v) is 7.88. The molecule has 1 aromatic carbocycles. The molecule has 4 heteroatoms. The topological polar surface area (TPSA) is 41.1 Å². The van der Waals surface area contributed by atoms with E-state index in [1.165, 1.54) is 31.4 Å².